The molecule has 1 aromatic carbocycles. The van der Waals surface area contributed by atoms with Crippen molar-refractivity contribution in [2.24, 2.45) is 0 Å². The Balaban J connectivity index is 2.58. The maximum atomic E-state index is 11.9. The highest BCUT2D eigenvalue weighted by atomic mass is 32.2. The Labute approximate surface area is 125 Å². The van der Waals surface area contributed by atoms with Crippen LogP contribution in [0.2, 0.25) is 0 Å². The van der Waals surface area contributed by atoms with Crippen LogP contribution in [0.1, 0.15) is 32.4 Å². The van der Waals surface area contributed by atoms with E-state index in [-0.39, 0.29) is 16.9 Å². The maximum absolute atomic E-state index is 11.9. The number of ether oxygens (including phenoxy) is 1. The van der Waals surface area contributed by atoms with Crippen molar-refractivity contribution in [3.63, 3.8) is 0 Å². The van der Waals surface area contributed by atoms with Crippen molar-refractivity contribution < 1.29 is 9.53 Å². The lowest BCUT2D eigenvalue weighted by Crippen LogP contribution is -2.38. The molecule has 1 rings (SSSR count). The van der Waals surface area contributed by atoms with Gasteiger partial charge in [-0.2, -0.15) is 11.8 Å². The zero-order valence-corrected chi connectivity index (χ0v) is 13.6. The fraction of sp³-hybridized carbons (Fsp3) is 0.533. The fourth-order valence-corrected chi connectivity index (χ4v) is 1.76. The summed E-state index contributed by atoms with van der Waals surface area (Å²) in [5.41, 5.74) is 1.81. The van der Waals surface area contributed by atoms with Gasteiger partial charge in [-0.05, 0) is 44.7 Å². The highest BCUT2D eigenvalue weighted by Crippen LogP contribution is 2.21. The predicted octanol–water partition coefficient (Wildman–Crippen LogP) is 3.66. The largest absolute Gasteiger partial charge is 0.377 e. The van der Waals surface area contributed by atoms with E-state index >= 15 is 0 Å². The highest BCUT2D eigenvalue weighted by molar-refractivity contribution is 7.99. The first kappa shape index (κ1) is 16.9. The molecule has 4 nitrogen and oxygen atoms in total. The second-order valence-corrected chi connectivity index (χ2v) is 6.79. The minimum atomic E-state index is -0.186. The minimum Gasteiger partial charge on any atom is -0.377 e. The van der Waals surface area contributed by atoms with E-state index in [2.05, 4.69) is 24.5 Å². The number of hydrogen-bond acceptors (Lipinski definition) is 3. The zero-order valence-electron chi connectivity index (χ0n) is 12.8. The Morgan fingerprint density at radius 1 is 1.45 bits per heavy atom. The lowest BCUT2D eigenvalue weighted by molar-refractivity contribution is 0.119. The second kappa shape index (κ2) is 7.55. The highest BCUT2D eigenvalue weighted by Gasteiger charge is 2.16. The average Bonchev–Trinajstić information content (AvgIpc) is 2.44. The van der Waals surface area contributed by atoms with Crippen LogP contribution in [0.25, 0.3) is 0 Å². The Kier molecular flexibility index (Phi) is 6.36. The molecule has 2 N–H and O–H groups in total. The summed E-state index contributed by atoms with van der Waals surface area (Å²) in [6.07, 6.45) is 2.05. The molecule has 2 amide bonds. The van der Waals surface area contributed by atoms with Crippen LogP contribution in [0.5, 0.6) is 0 Å². The Morgan fingerprint density at radius 2 is 2.15 bits per heavy atom. The SMILES string of the molecule is COC(C)c1cccc(NC(=O)NCC(C)(C)SC)c1. The second-order valence-electron chi connectivity index (χ2n) is 5.27. The van der Waals surface area contributed by atoms with Crippen molar-refractivity contribution in [2.75, 3.05) is 25.2 Å². The van der Waals surface area contributed by atoms with Crippen LogP contribution < -0.4 is 10.6 Å². The number of carbonyl (C=O) groups excluding carboxylic acids is 1. The summed E-state index contributed by atoms with van der Waals surface area (Å²) in [6.45, 7) is 6.78. The first-order valence-electron chi connectivity index (χ1n) is 6.60. The van der Waals surface area contributed by atoms with Gasteiger partial charge in [0.1, 0.15) is 0 Å². The van der Waals surface area contributed by atoms with Crippen LogP contribution >= 0.6 is 11.8 Å². The summed E-state index contributed by atoms with van der Waals surface area (Å²) in [5, 5.41) is 5.73. The minimum absolute atomic E-state index is 0.00948. The first-order valence-corrected chi connectivity index (χ1v) is 7.83. The Morgan fingerprint density at radius 3 is 2.75 bits per heavy atom. The van der Waals surface area contributed by atoms with Crippen LogP contribution in [-0.4, -0.2) is 30.7 Å². The van der Waals surface area contributed by atoms with Crippen molar-refractivity contribution in [3.8, 4) is 0 Å². The molecule has 0 spiro atoms. The number of nitrogens with one attached hydrogen (secondary N) is 2. The van der Waals surface area contributed by atoms with Gasteiger partial charge >= 0.3 is 6.03 Å². The third-order valence-corrected chi connectivity index (χ3v) is 4.44. The van der Waals surface area contributed by atoms with E-state index in [1.54, 1.807) is 18.9 Å². The zero-order chi connectivity index (χ0) is 15.2. The third kappa shape index (κ3) is 5.43. The number of amides is 2. The van der Waals surface area contributed by atoms with Gasteiger partial charge in [-0.1, -0.05) is 12.1 Å². The normalized spacial score (nSPS) is 12.8. The molecular formula is C15H24N2O2S. The summed E-state index contributed by atoms with van der Waals surface area (Å²) in [5.74, 6) is 0. The summed E-state index contributed by atoms with van der Waals surface area (Å²) in [4.78, 5) is 11.9. The third-order valence-electron chi connectivity index (χ3n) is 3.19. The molecule has 0 radical (unpaired) electrons. The molecule has 0 bridgehead atoms. The molecular weight excluding hydrogens is 272 g/mol. The molecule has 1 unspecified atom stereocenters. The molecule has 0 heterocycles. The number of anilines is 1. The molecule has 20 heavy (non-hydrogen) atoms. The van der Waals surface area contributed by atoms with Crippen molar-refractivity contribution in [3.05, 3.63) is 29.8 Å². The maximum Gasteiger partial charge on any atom is 0.319 e. The van der Waals surface area contributed by atoms with Gasteiger partial charge in [0.25, 0.3) is 0 Å². The van der Waals surface area contributed by atoms with Gasteiger partial charge in [-0.25, -0.2) is 4.79 Å². The number of urea groups is 1. The lowest BCUT2D eigenvalue weighted by Gasteiger charge is -2.22. The summed E-state index contributed by atoms with van der Waals surface area (Å²) in [7, 11) is 1.67. The van der Waals surface area contributed by atoms with Crippen molar-refractivity contribution in [1.29, 1.82) is 0 Å². The topological polar surface area (TPSA) is 50.4 Å². The molecule has 0 aliphatic heterocycles. The average molecular weight is 296 g/mol. The van der Waals surface area contributed by atoms with Crippen LogP contribution in [0.15, 0.2) is 24.3 Å². The van der Waals surface area contributed by atoms with Crippen molar-refractivity contribution in [2.45, 2.75) is 31.6 Å². The summed E-state index contributed by atoms with van der Waals surface area (Å²) < 4.78 is 5.30. The molecule has 0 aliphatic rings. The van der Waals surface area contributed by atoms with Gasteiger partial charge < -0.3 is 15.4 Å². The lowest BCUT2D eigenvalue weighted by atomic mass is 10.1. The van der Waals surface area contributed by atoms with E-state index in [0.717, 1.165) is 11.3 Å². The van der Waals surface area contributed by atoms with Gasteiger partial charge in [0, 0.05) is 24.1 Å². The molecule has 0 saturated carbocycles. The molecule has 0 fully saturated rings. The number of hydrogen-bond donors (Lipinski definition) is 2. The molecule has 0 saturated heterocycles. The van der Waals surface area contributed by atoms with Gasteiger partial charge in [-0.15, -0.1) is 0 Å². The Bertz CT molecular complexity index is 449. The predicted molar refractivity (Wildman–Crippen MR) is 86.5 cm³/mol. The van der Waals surface area contributed by atoms with Gasteiger partial charge in [-0.3, -0.25) is 0 Å². The van der Waals surface area contributed by atoms with E-state index in [0.29, 0.717) is 6.54 Å². The number of thioether (sulfide) groups is 1. The monoisotopic (exact) mass is 296 g/mol. The van der Waals surface area contributed by atoms with E-state index < -0.39 is 0 Å². The van der Waals surface area contributed by atoms with E-state index in [4.69, 9.17) is 4.74 Å². The van der Waals surface area contributed by atoms with Gasteiger partial charge in [0.2, 0.25) is 0 Å². The van der Waals surface area contributed by atoms with Gasteiger partial charge in [0.05, 0.1) is 6.10 Å². The smallest absolute Gasteiger partial charge is 0.319 e. The van der Waals surface area contributed by atoms with E-state index in [1.807, 2.05) is 37.4 Å². The molecule has 1 aromatic rings. The van der Waals surface area contributed by atoms with Crippen LogP contribution in [0, 0.1) is 0 Å². The van der Waals surface area contributed by atoms with Crippen molar-refractivity contribution in [1.82, 2.24) is 5.32 Å². The number of rotatable bonds is 6. The Hall–Kier alpha value is -1.20. The first-order chi connectivity index (χ1) is 9.38. The van der Waals surface area contributed by atoms with E-state index in [9.17, 15) is 4.79 Å². The summed E-state index contributed by atoms with van der Waals surface area (Å²) >= 11 is 1.73. The molecule has 1 atom stereocenters. The number of carbonyl (C=O) groups is 1. The van der Waals surface area contributed by atoms with Crippen LogP contribution in [0.3, 0.4) is 0 Å². The quantitative estimate of drug-likeness (QED) is 0.842. The summed E-state index contributed by atoms with van der Waals surface area (Å²) in [6, 6.07) is 7.49. The van der Waals surface area contributed by atoms with Crippen molar-refractivity contribution >= 4 is 23.5 Å². The molecule has 5 heteroatoms. The van der Waals surface area contributed by atoms with Crippen LogP contribution in [0.4, 0.5) is 10.5 Å². The standard InChI is InChI=1S/C15H24N2O2S/c1-11(19-4)12-7-6-8-13(9-12)17-14(18)16-10-15(2,3)20-5/h6-9,11H,10H2,1-5H3,(H2,16,17,18). The number of benzene rings is 1. The molecule has 0 aromatic heterocycles. The number of methoxy groups -OCH3 is 1. The van der Waals surface area contributed by atoms with Gasteiger partial charge in [0.15, 0.2) is 0 Å². The molecule has 0 aliphatic carbocycles. The van der Waals surface area contributed by atoms with Crippen LogP contribution in [-0.2, 0) is 4.74 Å². The fourth-order valence-electron chi connectivity index (χ4n) is 1.55. The molecule has 112 valence electrons. The van der Waals surface area contributed by atoms with E-state index in [1.165, 1.54) is 0 Å².